The molecule has 0 fully saturated rings. The number of nitrogens with zero attached hydrogens (tertiary/aromatic N) is 1. The van der Waals surface area contributed by atoms with Gasteiger partial charge in [-0.15, -0.1) is 0 Å². The third kappa shape index (κ3) is 9.43. The summed E-state index contributed by atoms with van der Waals surface area (Å²) in [6.45, 7) is 3.24. The van der Waals surface area contributed by atoms with Gasteiger partial charge in [0.25, 0.3) is 21.9 Å². The summed E-state index contributed by atoms with van der Waals surface area (Å²) in [4.78, 5) is 67.0. The van der Waals surface area contributed by atoms with Gasteiger partial charge in [0.15, 0.2) is 0 Å². The number of nitrogens with one attached hydrogen (secondary N) is 3. The van der Waals surface area contributed by atoms with Crippen LogP contribution in [0.5, 0.6) is 0 Å². The number of benzene rings is 2. The highest BCUT2D eigenvalue weighted by atomic mass is 32.2. The van der Waals surface area contributed by atoms with Crippen molar-refractivity contribution in [3.63, 3.8) is 0 Å². The van der Waals surface area contributed by atoms with Crippen LogP contribution < -0.4 is 16.1 Å². The molecule has 0 saturated heterocycles. The second kappa shape index (κ2) is 15.5. The lowest BCUT2D eigenvalue weighted by atomic mass is 9.83. The summed E-state index contributed by atoms with van der Waals surface area (Å²) >= 11 is 0. The quantitative estimate of drug-likeness (QED) is 0.0601. The van der Waals surface area contributed by atoms with Gasteiger partial charge in [0.1, 0.15) is 6.04 Å². The first-order chi connectivity index (χ1) is 20.8. The summed E-state index contributed by atoms with van der Waals surface area (Å²) in [5.41, 5.74) is 2.63. The first kappa shape index (κ1) is 34.4. The Bertz CT molecular complexity index is 1430. The molecule has 2 aromatic rings. The van der Waals surface area contributed by atoms with Crippen LogP contribution in [0.25, 0.3) is 0 Å². The third-order valence-corrected chi connectivity index (χ3v) is 8.10. The van der Waals surface area contributed by atoms with Gasteiger partial charge in [-0.1, -0.05) is 56.3 Å². The number of rotatable bonds is 16. The number of unbranched alkanes of at least 4 members (excludes halogenated alkanes) is 1. The van der Waals surface area contributed by atoms with Gasteiger partial charge in [0, 0.05) is 19.5 Å². The molecule has 0 bridgehead atoms. The van der Waals surface area contributed by atoms with Crippen LogP contribution in [-0.4, -0.2) is 77.5 Å². The van der Waals surface area contributed by atoms with E-state index in [2.05, 4.69) is 10.6 Å². The van der Waals surface area contributed by atoms with Crippen LogP contribution in [0.15, 0.2) is 54.6 Å². The second-order valence-corrected chi connectivity index (χ2v) is 12.7. The first-order valence-electron chi connectivity index (χ1n) is 14.3. The maximum Gasteiger partial charge on any atom is 0.264 e. The van der Waals surface area contributed by atoms with E-state index in [1.165, 1.54) is 12.1 Å². The lowest BCUT2D eigenvalue weighted by Gasteiger charge is -2.30. The van der Waals surface area contributed by atoms with E-state index in [0.29, 0.717) is 0 Å². The minimum absolute atomic E-state index is 0.0836. The smallest absolute Gasteiger partial charge is 0.264 e. The van der Waals surface area contributed by atoms with Crippen molar-refractivity contribution < 1.29 is 42.2 Å². The number of fused-ring (bicyclic) bond motifs is 1. The van der Waals surface area contributed by atoms with Crippen molar-refractivity contribution in [2.45, 2.75) is 45.6 Å². The van der Waals surface area contributed by atoms with E-state index in [9.17, 15) is 37.6 Å². The number of hydrogen-bond acceptors (Lipinski definition) is 8. The Morgan fingerprint density at radius 3 is 1.98 bits per heavy atom. The summed E-state index contributed by atoms with van der Waals surface area (Å²) in [7, 11) is -4.13. The number of carbonyl (C=O) groups excluding carboxylic acids is 5. The van der Waals surface area contributed by atoms with E-state index in [-0.39, 0.29) is 49.3 Å². The van der Waals surface area contributed by atoms with Gasteiger partial charge in [-0.25, -0.2) is 5.48 Å². The van der Waals surface area contributed by atoms with Gasteiger partial charge in [0.05, 0.1) is 28.7 Å². The zero-order chi connectivity index (χ0) is 32.4. The summed E-state index contributed by atoms with van der Waals surface area (Å²) in [6, 6.07) is 14.0. The largest absolute Gasteiger partial charge is 0.354 e. The zero-order valence-electron chi connectivity index (χ0n) is 24.6. The highest BCUT2D eigenvalue weighted by Gasteiger charge is 2.42. The molecule has 1 aliphatic rings. The maximum atomic E-state index is 13.9. The molecule has 1 heterocycles. The van der Waals surface area contributed by atoms with Crippen LogP contribution in [0.3, 0.4) is 0 Å². The Kier molecular flexibility index (Phi) is 12.1. The van der Waals surface area contributed by atoms with Gasteiger partial charge in [0.2, 0.25) is 17.7 Å². The molecule has 5 N–H and O–H groups in total. The Labute approximate surface area is 256 Å². The Morgan fingerprint density at radius 2 is 1.43 bits per heavy atom. The fourth-order valence-corrected chi connectivity index (χ4v) is 5.69. The molecular weight excluding hydrogens is 592 g/mol. The Hall–Kier alpha value is -4.14. The molecule has 0 spiro atoms. The molecule has 3 rings (SSSR count). The second-order valence-electron chi connectivity index (χ2n) is 11.1. The van der Waals surface area contributed by atoms with E-state index >= 15 is 0 Å². The molecule has 3 atom stereocenters. The molecule has 238 valence electrons. The summed E-state index contributed by atoms with van der Waals surface area (Å²) < 4.78 is 30.8. The van der Waals surface area contributed by atoms with E-state index in [1.54, 1.807) is 47.9 Å². The molecule has 0 aliphatic carbocycles. The molecular formula is C30H38N4O9S. The molecule has 0 saturated carbocycles. The van der Waals surface area contributed by atoms with E-state index in [0.717, 1.165) is 10.5 Å². The van der Waals surface area contributed by atoms with Crippen molar-refractivity contribution in [2.75, 3.05) is 18.8 Å². The van der Waals surface area contributed by atoms with Crippen LogP contribution >= 0.6 is 0 Å². The van der Waals surface area contributed by atoms with E-state index in [4.69, 9.17) is 4.55 Å². The maximum absolute atomic E-state index is 13.9. The van der Waals surface area contributed by atoms with Crippen molar-refractivity contribution in [3.05, 3.63) is 71.3 Å². The van der Waals surface area contributed by atoms with Crippen LogP contribution in [0.1, 0.15) is 59.4 Å². The number of hydroxylamine groups is 1. The van der Waals surface area contributed by atoms with Gasteiger partial charge < -0.3 is 10.6 Å². The number of carbonyl (C=O) groups is 5. The SMILES string of the molecule is CC(C)CC(C(=O)NC(Cc1ccccc1)C(=O)NCCCCS(=O)(=O)O)C(CN1C(=O)c2ccccc2C1=O)C(=O)NO. The minimum atomic E-state index is -4.13. The van der Waals surface area contributed by atoms with Crippen molar-refractivity contribution in [1.82, 2.24) is 21.0 Å². The number of hydrogen-bond donors (Lipinski definition) is 5. The van der Waals surface area contributed by atoms with Gasteiger partial charge in [-0.2, -0.15) is 8.42 Å². The normalized spacial score (nSPS) is 15.0. The molecule has 1 aliphatic heterocycles. The highest BCUT2D eigenvalue weighted by molar-refractivity contribution is 7.85. The average molecular weight is 631 g/mol. The van der Waals surface area contributed by atoms with Gasteiger partial charge >= 0.3 is 0 Å². The molecule has 0 aromatic heterocycles. The Balaban J connectivity index is 1.83. The predicted molar refractivity (Wildman–Crippen MR) is 159 cm³/mol. The lowest BCUT2D eigenvalue weighted by molar-refractivity contribution is -0.142. The number of amides is 5. The van der Waals surface area contributed by atoms with E-state index < -0.39 is 69.8 Å². The molecule has 5 amide bonds. The highest BCUT2D eigenvalue weighted by Crippen LogP contribution is 2.28. The zero-order valence-corrected chi connectivity index (χ0v) is 25.4. The standard InChI is InChI=1S/C30H38N4O9S/c1-19(2)16-23(24(27(36)33-40)18-34-29(38)21-12-6-7-13-22(21)30(34)39)26(35)32-25(17-20-10-4-3-5-11-20)28(37)31-14-8-9-15-44(41,42)43/h3-7,10-13,19,23-25,40H,8-9,14-18H2,1-2H3,(H,31,37)(H,32,35)(H,33,36)(H,41,42,43). The van der Waals surface area contributed by atoms with Crippen molar-refractivity contribution in [2.24, 2.45) is 17.8 Å². The van der Waals surface area contributed by atoms with Crippen molar-refractivity contribution in [3.8, 4) is 0 Å². The third-order valence-electron chi connectivity index (χ3n) is 7.30. The van der Waals surface area contributed by atoms with Crippen LogP contribution in [0, 0.1) is 17.8 Å². The fourth-order valence-electron chi connectivity index (χ4n) is 5.12. The van der Waals surface area contributed by atoms with Gasteiger partial charge in [-0.3, -0.25) is 38.6 Å². The molecule has 14 heteroatoms. The average Bonchev–Trinajstić information content (AvgIpc) is 3.22. The Morgan fingerprint density at radius 1 is 0.841 bits per heavy atom. The molecule has 2 aromatic carbocycles. The molecule has 44 heavy (non-hydrogen) atoms. The molecule has 13 nitrogen and oxygen atoms in total. The summed E-state index contributed by atoms with van der Waals surface area (Å²) in [5.74, 6) is -6.53. The summed E-state index contributed by atoms with van der Waals surface area (Å²) in [5, 5.41) is 15.0. The van der Waals surface area contributed by atoms with Gasteiger partial charge in [-0.05, 0) is 42.9 Å². The number of imide groups is 1. The lowest BCUT2D eigenvalue weighted by Crippen LogP contribution is -2.53. The fraction of sp³-hybridized carbons (Fsp3) is 0.433. The van der Waals surface area contributed by atoms with Crippen molar-refractivity contribution >= 4 is 39.7 Å². The van der Waals surface area contributed by atoms with Crippen LogP contribution in [0.4, 0.5) is 0 Å². The summed E-state index contributed by atoms with van der Waals surface area (Å²) in [6.07, 6.45) is 0.586. The first-order valence-corrected chi connectivity index (χ1v) is 15.9. The topological polar surface area (TPSA) is 199 Å². The van der Waals surface area contributed by atoms with E-state index in [1.807, 2.05) is 13.8 Å². The van der Waals surface area contributed by atoms with Crippen molar-refractivity contribution in [1.29, 1.82) is 0 Å². The minimum Gasteiger partial charge on any atom is -0.354 e. The monoisotopic (exact) mass is 630 g/mol. The van der Waals surface area contributed by atoms with Crippen LogP contribution in [0.2, 0.25) is 0 Å². The predicted octanol–water partition coefficient (Wildman–Crippen LogP) is 1.58. The molecule has 3 unspecified atom stereocenters. The molecule has 0 radical (unpaired) electrons. The van der Waals surface area contributed by atoms with Crippen LogP contribution in [-0.2, 0) is 30.9 Å².